The van der Waals surface area contributed by atoms with Crippen molar-refractivity contribution in [1.29, 1.82) is 0 Å². The second-order valence-electron chi connectivity index (χ2n) is 4.85. The maximum Gasteiger partial charge on any atom is 0.407 e. The van der Waals surface area contributed by atoms with E-state index in [0.717, 1.165) is 12.8 Å². The van der Waals surface area contributed by atoms with Crippen molar-refractivity contribution in [3.63, 3.8) is 0 Å². The van der Waals surface area contributed by atoms with E-state index in [4.69, 9.17) is 15.2 Å². The van der Waals surface area contributed by atoms with Crippen LogP contribution >= 0.6 is 0 Å². The van der Waals surface area contributed by atoms with E-state index in [1.807, 2.05) is 0 Å². The van der Waals surface area contributed by atoms with E-state index in [1.54, 1.807) is 0 Å². The van der Waals surface area contributed by atoms with Gasteiger partial charge in [-0.1, -0.05) is 19.3 Å². The number of rotatable bonds is 4. The Morgan fingerprint density at radius 3 is 2.81 bits per heavy atom. The number of nitrogens with one attached hydrogen (secondary N) is 1. The van der Waals surface area contributed by atoms with Gasteiger partial charge in [-0.15, -0.1) is 0 Å². The summed E-state index contributed by atoms with van der Waals surface area (Å²) in [6, 6.07) is 0. The zero-order chi connectivity index (χ0) is 11.4. The van der Waals surface area contributed by atoms with E-state index in [1.165, 1.54) is 19.3 Å². The van der Waals surface area contributed by atoms with E-state index in [2.05, 4.69) is 5.32 Å². The summed E-state index contributed by atoms with van der Waals surface area (Å²) in [7, 11) is 0. The molecule has 0 spiro atoms. The number of carbonyl (C=O) groups excluding carboxylic acids is 1. The van der Waals surface area contributed by atoms with E-state index in [9.17, 15) is 4.79 Å². The normalized spacial score (nSPS) is 28.6. The molecule has 1 saturated carbocycles. The van der Waals surface area contributed by atoms with Crippen LogP contribution in [0.4, 0.5) is 4.79 Å². The van der Waals surface area contributed by atoms with Gasteiger partial charge >= 0.3 is 6.09 Å². The molecule has 1 unspecified atom stereocenters. The zero-order valence-corrected chi connectivity index (χ0v) is 9.54. The Morgan fingerprint density at radius 1 is 1.44 bits per heavy atom. The van der Waals surface area contributed by atoms with Crippen LogP contribution in [0.15, 0.2) is 0 Å². The minimum absolute atomic E-state index is 0.153. The molecule has 1 heterocycles. The minimum atomic E-state index is -0.353. The van der Waals surface area contributed by atoms with E-state index in [0.29, 0.717) is 19.8 Å². The molecule has 1 aliphatic carbocycles. The smallest absolute Gasteiger partial charge is 0.407 e. The predicted octanol–water partition coefficient (Wildman–Crippen LogP) is 0.773. The maximum atomic E-state index is 10.8. The first-order valence-electron chi connectivity index (χ1n) is 5.99. The van der Waals surface area contributed by atoms with Crippen molar-refractivity contribution < 1.29 is 14.3 Å². The van der Waals surface area contributed by atoms with Gasteiger partial charge in [0.2, 0.25) is 0 Å². The second-order valence-corrected chi connectivity index (χ2v) is 4.85. The lowest BCUT2D eigenvalue weighted by atomic mass is 9.83. The Morgan fingerprint density at radius 2 is 2.19 bits per heavy atom. The van der Waals surface area contributed by atoms with Crippen LogP contribution in [0.5, 0.6) is 0 Å². The molecule has 16 heavy (non-hydrogen) atoms. The summed E-state index contributed by atoms with van der Waals surface area (Å²) in [4.78, 5) is 10.8. The highest BCUT2D eigenvalue weighted by molar-refractivity contribution is 5.69. The van der Waals surface area contributed by atoms with E-state index >= 15 is 0 Å². The Kier molecular flexibility index (Phi) is 3.66. The van der Waals surface area contributed by atoms with Crippen molar-refractivity contribution in [3.8, 4) is 0 Å². The molecule has 0 radical (unpaired) electrons. The Bertz CT molecular complexity index is 252. The van der Waals surface area contributed by atoms with Crippen molar-refractivity contribution in [2.45, 2.75) is 43.7 Å². The molecule has 3 N–H and O–H groups in total. The second kappa shape index (κ2) is 5.01. The first kappa shape index (κ1) is 11.7. The summed E-state index contributed by atoms with van der Waals surface area (Å²) in [6.07, 6.45) is 5.24. The highest BCUT2D eigenvalue weighted by Gasteiger charge is 2.29. The van der Waals surface area contributed by atoms with Gasteiger partial charge in [-0.3, -0.25) is 0 Å². The largest absolute Gasteiger partial charge is 0.442 e. The summed E-state index contributed by atoms with van der Waals surface area (Å²) >= 11 is 0. The van der Waals surface area contributed by atoms with Crippen LogP contribution in [0.2, 0.25) is 0 Å². The van der Waals surface area contributed by atoms with Gasteiger partial charge in [-0.2, -0.15) is 0 Å². The molecule has 1 atom stereocenters. The maximum absolute atomic E-state index is 10.8. The summed E-state index contributed by atoms with van der Waals surface area (Å²) in [6.45, 7) is 1.55. The predicted molar refractivity (Wildman–Crippen MR) is 59.1 cm³/mol. The lowest BCUT2D eigenvalue weighted by molar-refractivity contribution is 0.0158. The average molecular weight is 228 g/mol. The standard InChI is InChI=1S/C11H20N2O3/c12-11(4-2-1-3-5-11)8-15-7-9-6-13-10(14)16-9/h9H,1-8,12H2,(H,13,14). The van der Waals surface area contributed by atoms with Crippen LogP contribution in [0.25, 0.3) is 0 Å². The van der Waals surface area contributed by atoms with Crippen molar-refractivity contribution in [2.24, 2.45) is 5.73 Å². The highest BCUT2D eigenvalue weighted by Crippen LogP contribution is 2.26. The Balaban J connectivity index is 1.65. The molecule has 2 aliphatic rings. The highest BCUT2D eigenvalue weighted by atomic mass is 16.6. The third-order valence-corrected chi connectivity index (χ3v) is 3.29. The third kappa shape index (κ3) is 3.09. The molecular weight excluding hydrogens is 208 g/mol. The van der Waals surface area contributed by atoms with Crippen molar-refractivity contribution in [3.05, 3.63) is 0 Å². The number of carbonyl (C=O) groups is 1. The van der Waals surface area contributed by atoms with Gasteiger partial charge in [-0.05, 0) is 12.8 Å². The molecule has 0 bridgehead atoms. The molecule has 0 aromatic heterocycles. The Hall–Kier alpha value is -0.810. The van der Waals surface area contributed by atoms with Crippen molar-refractivity contribution in [1.82, 2.24) is 5.32 Å². The zero-order valence-electron chi connectivity index (χ0n) is 9.54. The molecule has 5 nitrogen and oxygen atoms in total. The first-order valence-corrected chi connectivity index (χ1v) is 5.99. The van der Waals surface area contributed by atoms with Crippen LogP contribution < -0.4 is 11.1 Å². The quantitative estimate of drug-likeness (QED) is 0.745. The number of ether oxygens (including phenoxy) is 2. The van der Waals surface area contributed by atoms with Crippen molar-refractivity contribution in [2.75, 3.05) is 19.8 Å². The summed E-state index contributed by atoms with van der Waals surface area (Å²) in [5.74, 6) is 0. The van der Waals surface area contributed by atoms with Crippen LogP contribution in [0.3, 0.4) is 0 Å². The van der Waals surface area contributed by atoms with Crippen LogP contribution in [0.1, 0.15) is 32.1 Å². The molecular formula is C11H20N2O3. The number of nitrogens with two attached hydrogens (primary N) is 1. The van der Waals surface area contributed by atoms with Gasteiger partial charge < -0.3 is 20.5 Å². The van der Waals surface area contributed by atoms with Crippen molar-refractivity contribution >= 4 is 6.09 Å². The number of cyclic esters (lactones) is 1. The monoisotopic (exact) mass is 228 g/mol. The molecule has 92 valence electrons. The summed E-state index contributed by atoms with van der Waals surface area (Å²) in [5.41, 5.74) is 6.06. The van der Waals surface area contributed by atoms with Gasteiger partial charge in [-0.25, -0.2) is 4.79 Å². The van der Waals surface area contributed by atoms with Gasteiger partial charge in [0.15, 0.2) is 0 Å². The molecule has 0 aromatic rings. The van der Waals surface area contributed by atoms with Gasteiger partial charge in [0, 0.05) is 5.54 Å². The lowest BCUT2D eigenvalue weighted by Crippen LogP contribution is -2.46. The molecule has 2 fully saturated rings. The fourth-order valence-corrected chi connectivity index (χ4v) is 2.32. The van der Waals surface area contributed by atoms with Crippen LogP contribution in [-0.4, -0.2) is 37.5 Å². The number of hydrogen-bond acceptors (Lipinski definition) is 4. The van der Waals surface area contributed by atoms with Gasteiger partial charge in [0.1, 0.15) is 6.10 Å². The fourth-order valence-electron chi connectivity index (χ4n) is 2.32. The lowest BCUT2D eigenvalue weighted by Gasteiger charge is -2.33. The van der Waals surface area contributed by atoms with Crippen LogP contribution in [0, 0.1) is 0 Å². The topological polar surface area (TPSA) is 73.6 Å². The summed E-state index contributed by atoms with van der Waals surface area (Å²) in [5, 5.41) is 2.60. The molecule has 5 heteroatoms. The number of amides is 1. The molecule has 1 amide bonds. The van der Waals surface area contributed by atoms with Crippen LogP contribution in [-0.2, 0) is 9.47 Å². The SMILES string of the molecule is NC1(COCC2CNC(=O)O2)CCCCC1. The fraction of sp³-hybridized carbons (Fsp3) is 0.909. The van der Waals surface area contributed by atoms with E-state index < -0.39 is 0 Å². The molecule has 2 rings (SSSR count). The van der Waals surface area contributed by atoms with E-state index in [-0.39, 0.29) is 17.7 Å². The molecule has 0 aromatic carbocycles. The number of alkyl carbamates (subject to hydrolysis) is 1. The van der Waals surface area contributed by atoms with Gasteiger partial charge in [0.05, 0.1) is 19.8 Å². The minimum Gasteiger partial charge on any atom is -0.442 e. The third-order valence-electron chi connectivity index (χ3n) is 3.29. The Labute approximate surface area is 95.7 Å². The average Bonchev–Trinajstić information content (AvgIpc) is 2.65. The summed E-state index contributed by atoms with van der Waals surface area (Å²) < 4.78 is 10.5. The molecule has 1 aliphatic heterocycles. The molecule has 1 saturated heterocycles. The first-order chi connectivity index (χ1) is 7.68. The van der Waals surface area contributed by atoms with Gasteiger partial charge in [0.25, 0.3) is 0 Å². The number of hydrogen-bond donors (Lipinski definition) is 2.